The summed E-state index contributed by atoms with van der Waals surface area (Å²) in [5, 5.41) is 0. The fourth-order valence-electron chi connectivity index (χ4n) is 1.28. The number of amides is 1. The lowest BCUT2D eigenvalue weighted by molar-refractivity contribution is -0.118. The van der Waals surface area contributed by atoms with E-state index in [-0.39, 0.29) is 12.2 Å². The lowest BCUT2D eigenvalue weighted by Crippen LogP contribution is -2.29. The van der Waals surface area contributed by atoms with Gasteiger partial charge in [-0.3, -0.25) is 4.79 Å². The highest BCUT2D eigenvalue weighted by Gasteiger charge is 2.09. The molecule has 0 bridgehead atoms. The number of carbonyl (C=O) groups excluding carboxylic acids is 1. The number of hydrogen-bond acceptors (Lipinski definition) is 2. The van der Waals surface area contributed by atoms with Crippen molar-refractivity contribution >= 4 is 5.91 Å². The maximum Gasteiger partial charge on any atom is 0.218 e. The lowest BCUT2D eigenvalue weighted by Gasteiger charge is -2.09. The molecule has 1 atom stereocenters. The van der Waals surface area contributed by atoms with Crippen LogP contribution in [0, 0.1) is 5.82 Å². The summed E-state index contributed by atoms with van der Waals surface area (Å²) in [6.07, 6.45) is 0.407. The molecule has 4 N–H and O–H groups in total. The minimum absolute atomic E-state index is 0.0777. The Kier molecular flexibility index (Phi) is 3.59. The molecule has 0 saturated carbocycles. The maximum atomic E-state index is 13.1. The topological polar surface area (TPSA) is 69.1 Å². The van der Waals surface area contributed by atoms with Crippen LogP contribution in [0.2, 0.25) is 0 Å². The summed E-state index contributed by atoms with van der Waals surface area (Å²) in [6.45, 7) is 0. The van der Waals surface area contributed by atoms with Gasteiger partial charge in [0.05, 0.1) is 0 Å². The predicted molar refractivity (Wildman–Crippen MR) is 51.9 cm³/mol. The largest absolute Gasteiger partial charge is 0.370 e. The molecule has 0 aromatic heterocycles. The number of hydrogen-bond donors (Lipinski definition) is 2. The molecule has 0 heterocycles. The SMILES string of the molecule is NC(=O)C[C@H](N)Cc1ccccc1F. The minimum Gasteiger partial charge on any atom is -0.370 e. The van der Waals surface area contributed by atoms with Gasteiger partial charge in [-0.15, -0.1) is 0 Å². The Morgan fingerprint density at radius 2 is 2.07 bits per heavy atom. The van der Waals surface area contributed by atoms with E-state index in [0.717, 1.165) is 0 Å². The first-order valence-electron chi connectivity index (χ1n) is 4.37. The second-order valence-electron chi connectivity index (χ2n) is 3.23. The second kappa shape index (κ2) is 4.72. The molecule has 0 radical (unpaired) electrons. The van der Waals surface area contributed by atoms with Crippen LogP contribution in [0.5, 0.6) is 0 Å². The molecule has 1 amide bonds. The monoisotopic (exact) mass is 196 g/mol. The number of halogens is 1. The molecule has 0 fully saturated rings. The normalized spacial score (nSPS) is 12.4. The van der Waals surface area contributed by atoms with E-state index in [1.54, 1.807) is 18.2 Å². The average Bonchev–Trinajstić information content (AvgIpc) is 2.07. The van der Waals surface area contributed by atoms with Crippen LogP contribution in [0.3, 0.4) is 0 Å². The van der Waals surface area contributed by atoms with Gasteiger partial charge in [-0.25, -0.2) is 4.39 Å². The highest BCUT2D eigenvalue weighted by molar-refractivity contribution is 5.74. The average molecular weight is 196 g/mol. The summed E-state index contributed by atoms with van der Waals surface area (Å²) in [4.78, 5) is 10.5. The van der Waals surface area contributed by atoms with E-state index in [0.29, 0.717) is 12.0 Å². The van der Waals surface area contributed by atoms with Gasteiger partial charge >= 0.3 is 0 Å². The highest BCUT2D eigenvalue weighted by Crippen LogP contribution is 2.09. The Bertz CT molecular complexity index is 328. The van der Waals surface area contributed by atoms with E-state index >= 15 is 0 Å². The summed E-state index contributed by atoms with van der Waals surface area (Å²) >= 11 is 0. The van der Waals surface area contributed by atoms with Gasteiger partial charge in [-0.1, -0.05) is 18.2 Å². The van der Waals surface area contributed by atoms with Gasteiger partial charge in [0.15, 0.2) is 0 Å². The molecular weight excluding hydrogens is 183 g/mol. The van der Waals surface area contributed by atoms with Crippen LogP contribution in [0.15, 0.2) is 24.3 Å². The molecule has 4 heteroatoms. The predicted octanol–water partition coefficient (Wildman–Crippen LogP) is 0.571. The van der Waals surface area contributed by atoms with Crippen LogP contribution < -0.4 is 11.5 Å². The molecule has 0 aliphatic heterocycles. The zero-order chi connectivity index (χ0) is 10.6. The molecule has 0 saturated heterocycles. The molecule has 1 aromatic rings. The summed E-state index contributed by atoms with van der Waals surface area (Å²) < 4.78 is 13.1. The molecule has 3 nitrogen and oxygen atoms in total. The molecule has 0 aliphatic rings. The molecular formula is C10H13FN2O. The number of nitrogens with two attached hydrogens (primary N) is 2. The second-order valence-corrected chi connectivity index (χ2v) is 3.23. The van der Waals surface area contributed by atoms with Crippen LogP contribution in [-0.2, 0) is 11.2 Å². The van der Waals surface area contributed by atoms with Crippen LogP contribution >= 0.6 is 0 Å². The van der Waals surface area contributed by atoms with E-state index in [2.05, 4.69) is 0 Å². The van der Waals surface area contributed by atoms with Crippen molar-refractivity contribution < 1.29 is 9.18 Å². The van der Waals surface area contributed by atoms with Crippen molar-refractivity contribution in [2.75, 3.05) is 0 Å². The number of carbonyl (C=O) groups is 1. The summed E-state index contributed by atoms with van der Waals surface area (Å²) in [5.41, 5.74) is 11.1. The summed E-state index contributed by atoms with van der Waals surface area (Å²) in [7, 11) is 0. The Morgan fingerprint density at radius 1 is 1.43 bits per heavy atom. The van der Waals surface area contributed by atoms with Crippen LogP contribution in [0.25, 0.3) is 0 Å². The zero-order valence-corrected chi connectivity index (χ0v) is 7.74. The smallest absolute Gasteiger partial charge is 0.218 e. The Labute approximate surface area is 81.9 Å². The van der Waals surface area contributed by atoms with Crippen LogP contribution in [0.1, 0.15) is 12.0 Å². The minimum atomic E-state index is -0.464. The van der Waals surface area contributed by atoms with Gasteiger partial charge < -0.3 is 11.5 Å². The van der Waals surface area contributed by atoms with E-state index in [4.69, 9.17) is 11.5 Å². The third kappa shape index (κ3) is 3.14. The van der Waals surface area contributed by atoms with Gasteiger partial charge in [-0.2, -0.15) is 0 Å². The summed E-state index contributed by atoms with van der Waals surface area (Å²) in [5.74, 6) is -0.763. The maximum absolute atomic E-state index is 13.1. The fraction of sp³-hybridized carbons (Fsp3) is 0.300. The molecule has 1 aromatic carbocycles. The first-order chi connectivity index (χ1) is 6.59. The standard InChI is InChI=1S/C10H13FN2O/c11-9-4-2-1-3-7(9)5-8(12)6-10(13)14/h1-4,8H,5-6,12H2,(H2,13,14)/t8-/m1/s1. The van der Waals surface area contributed by atoms with Gasteiger partial charge in [0, 0.05) is 12.5 Å². The van der Waals surface area contributed by atoms with Crippen molar-refractivity contribution in [3.8, 4) is 0 Å². The highest BCUT2D eigenvalue weighted by atomic mass is 19.1. The van der Waals surface area contributed by atoms with Crippen LogP contribution in [-0.4, -0.2) is 11.9 Å². The van der Waals surface area contributed by atoms with Gasteiger partial charge in [0.2, 0.25) is 5.91 Å². The first-order valence-corrected chi connectivity index (χ1v) is 4.37. The number of primary amides is 1. The number of benzene rings is 1. The van der Waals surface area contributed by atoms with Crippen molar-refractivity contribution in [2.24, 2.45) is 11.5 Å². The van der Waals surface area contributed by atoms with Crippen molar-refractivity contribution in [3.63, 3.8) is 0 Å². The third-order valence-electron chi connectivity index (χ3n) is 1.90. The Hall–Kier alpha value is -1.42. The van der Waals surface area contributed by atoms with Crippen LogP contribution in [0.4, 0.5) is 4.39 Å². The number of rotatable bonds is 4. The molecule has 76 valence electrons. The quantitative estimate of drug-likeness (QED) is 0.739. The van der Waals surface area contributed by atoms with Gasteiger partial charge in [-0.05, 0) is 18.1 Å². The molecule has 0 aliphatic carbocycles. The van der Waals surface area contributed by atoms with Gasteiger partial charge in [0.25, 0.3) is 0 Å². The summed E-state index contributed by atoms with van der Waals surface area (Å²) in [6, 6.07) is 5.94. The molecule has 0 unspecified atom stereocenters. The zero-order valence-electron chi connectivity index (χ0n) is 7.74. The molecule has 1 rings (SSSR count). The molecule has 14 heavy (non-hydrogen) atoms. The molecule has 0 spiro atoms. The van der Waals surface area contributed by atoms with Crippen molar-refractivity contribution in [1.29, 1.82) is 0 Å². The van der Waals surface area contributed by atoms with Crippen molar-refractivity contribution in [3.05, 3.63) is 35.6 Å². The Morgan fingerprint density at radius 3 is 2.64 bits per heavy atom. The van der Waals surface area contributed by atoms with E-state index in [1.807, 2.05) is 0 Å². The van der Waals surface area contributed by atoms with E-state index in [1.165, 1.54) is 6.07 Å². The van der Waals surface area contributed by atoms with Crippen molar-refractivity contribution in [1.82, 2.24) is 0 Å². The first kappa shape index (κ1) is 10.7. The lowest BCUT2D eigenvalue weighted by atomic mass is 10.0. The fourth-order valence-corrected chi connectivity index (χ4v) is 1.28. The van der Waals surface area contributed by atoms with E-state index < -0.39 is 11.9 Å². The van der Waals surface area contributed by atoms with Gasteiger partial charge in [0.1, 0.15) is 5.82 Å². The van der Waals surface area contributed by atoms with Crippen molar-refractivity contribution in [2.45, 2.75) is 18.9 Å². The Balaban J connectivity index is 2.60. The third-order valence-corrected chi connectivity index (χ3v) is 1.90. The van der Waals surface area contributed by atoms with E-state index in [9.17, 15) is 9.18 Å².